The molecule has 1 aliphatic rings. The lowest BCUT2D eigenvalue weighted by atomic mass is 10.1. The fourth-order valence-electron chi connectivity index (χ4n) is 2.16. The highest BCUT2D eigenvalue weighted by Gasteiger charge is 2.21. The van der Waals surface area contributed by atoms with Crippen molar-refractivity contribution >= 4 is 5.91 Å². The fourth-order valence-corrected chi connectivity index (χ4v) is 2.16. The third kappa shape index (κ3) is 3.08. The number of nitrogens with zero attached hydrogens (tertiary/aromatic N) is 2. The van der Waals surface area contributed by atoms with Gasteiger partial charge in [0, 0.05) is 13.1 Å². The number of carbonyl (C=O) groups is 1. The molecule has 0 spiro atoms. The minimum absolute atomic E-state index is 0.0402. The van der Waals surface area contributed by atoms with Crippen LogP contribution in [0.3, 0.4) is 0 Å². The molecule has 1 unspecified atom stereocenters. The van der Waals surface area contributed by atoms with Crippen LogP contribution in [0.2, 0.25) is 0 Å². The number of aliphatic hydroxyl groups excluding tert-OH is 1. The number of likely N-dealkylation sites (tertiary alicyclic amines) is 1. The van der Waals surface area contributed by atoms with Crippen molar-refractivity contribution in [3.63, 3.8) is 0 Å². The Kier molecular flexibility index (Phi) is 3.96. The van der Waals surface area contributed by atoms with E-state index in [2.05, 4.69) is 0 Å². The molecule has 1 N–H and O–H groups in total. The van der Waals surface area contributed by atoms with Crippen molar-refractivity contribution in [1.82, 2.24) is 4.90 Å². The van der Waals surface area contributed by atoms with E-state index in [-0.39, 0.29) is 12.0 Å². The molecule has 0 saturated carbocycles. The van der Waals surface area contributed by atoms with Crippen LogP contribution in [0.25, 0.3) is 0 Å². The maximum absolute atomic E-state index is 12.0. The van der Waals surface area contributed by atoms with Crippen LogP contribution in [-0.2, 0) is 11.2 Å². The number of aliphatic hydroxyl groups is 1. The zero-order valence-electron chi connectivity index (χ0n) is 10.2. The van der Waals surface area contributed by atoms with Gasteiger partial charge in [0.1, 0.15) is 0 Å². The van der Waals surface area contributed by atoms with Crippen LogP contribution in [0.4, 0.5) is 0 Å². The van der Waals surface area contributed by atoms with Gasteiger partial charge in [-0.25, -0.2) is 0 Å². The summed E-state index contributed by atoms with van der Waals surface area (Å²) in [4.78, 5) is 13.7. The molecule has 0 bridgehead atoms. The second-order valence-corrected chi connectivity index (χ2v) is 4.62. The minimum Gasteiger partial charge on any atom is -0.391 e. The molecular weight excluding hydrogens is 228 g/mol. The highest BCUT2D eigenvalue weighted by molar-refractivity contribution is 5.79. The molecule has 1 aromatic carbocycles. The molecule has 1 fully saturated rings. The first-order valence-electron chi connectivity index (χ1n) is 6.14. The lowest BCUT2D eigenvalue weighted by Gasteiger charge is -2.30. The summed E-state index contributed by atoms with van der Waals surface area (Å²) < 4.78 is 0. The number of hydrogen-bond acceptors (Lipinski definition) is 3. The van der Waals surface area contributed by atoms with Gasteiger partial charge in [0.05, 0.1) is 24.2 Å². The Bertz CT molecular complexity index is 462. The smallest absolute Gasteiger partial charge is 0.227 e. The van der Waals surface area contributed by atoms with E-state index in [1.807, 2.05) is 6.07 Å². The average molecular weight is 244 g/mol. The summed E-state index contributed by atoms with van der Waals surface area (Å²) in [6.45, 7) is 1.17. The molecule has 0 radical (unpaired) electrons. The van der Waals surface area contributed by atoms with Gasteiger partial charge in [-0.3, -0.25) is 4.79 Å². The lowest BCUT2D eigenvalue weighted by molar-refractivity contribution is -0.133. The second kappa shape index (κ2) is 5.65. The minimum atomic E-state index is -0.385. The number of rotatable bonds is 2. The van der Waals surface area contributed by atoms with E-state index in [1.54, 1.807) is 29.2 Å². The van der Waals surface area contributed by atoms with Crippen LogP contribution in [0.5, 0.6) is 0 Å². The summed E-state index contributed by atoms with van der Waals surface area (Å²) in [5.74, 6) is 0.0402. The molecule has 1 amide bonds. The molecule has 1 saturated heterocycles. The van der Waals surface area contributed by atoms with Crippen LogP contribution in [0.15, 0.2) is 24.3 Å². The van der Waals surface area contributed by atoms with E-state index in [1.165, 1.54) is 0 Å². The van der Waals surface area contributed by atoms with E-state index < -0.39 is 0 Å². The third-order valence-electron chi connectivity index (χ3n) is 3.19. The highest BCUT2D eigenvalue weighted by Crippen LogP contribution is 2.12. The second-order valence-electron chi connectivity index (χ2n) is 4.62. The number of β-amino-alcohol motifs (C(OH)–C–C–N with tert-alkyl or cyclic N) is 1. The lowest BCUT2D eigenvalue weighted by Crippen LogP contribution is -2.42. The van der Waals surface area contributed by atoms with Crippen molar-refractivity contribution in [1.29, 1.82) is 5.26 Å². The Morgan fingerprint density at radius 3 is 2.78 bits per heavy atom. The molecule has 18 heavy (non-hydrogen) atoms. The maximum Gasteiger partial charge on any atom is 0.227 e. The van der Waals surface area contributed by atoms with Gasteiger partial charge in [-0.05, 0) is 30.5 Å². The molecule has 0 aliphatic carbocycles. The molecule has 2 rings (SSSR count). The normalized spacial score (nSPS) is 19.3. The van der Waals surface area contributed by atoms with E-state index >= 15 is 0 Å². The van der Waals surface area contributed by atoms with Crippen molar-refractivity contribution in [2.75, 3.05) is 13.1 Å². The van der Waals surface area contributed by atoms with Gasteiger partial charge in [0.2, 0.25) is 5.91 Å². The summed E-state index contributed by atoms with van der Waals surface area (Å²) in [5, 5.41) is 18.2. The molecule has 1 heterocycles. The van der Waals surface area contributed by atoms with Crippen LogP contribution >= 0.6 is 0 Å². The number of amides is 1. The molecule has 94 valence electrons. The highest BCUT2D eigenvalue weighted by atomic mass is 16.3. The number of nitriles is 1. The Balaban J connectivity index is 1.96. The van der Waals surface area contributed by atoms with Crippen molar-refractivity contribution in [3.8, 4) is 6.07 Å². The maximum atomic E-state index is 12.0. The third-order valence-corrected chi connectivity index (χ3v) is 3.19. The number of hydrogen-bond donors (Lipinski definition) is 1. The van der Waals surface area contributed by atoms with Gasteiger partial charge in [-0.2, -0.15) is 5.26 Å². The zero-order valence-corrected chi connectivity index (χ0v) is 10.2. The van der Waals surface area contributed by atoms with Gasteiger partial charge in [-0.15, -0.1) is 0 Å². The van der Waals surface area contributed by atoms with Crippen LogP contribution in [-0.4, -0.2) is 35.1 Å². The molecule has 1 atom stereocenters. The van der Waals surface area contributed by atoms with Crippen molar-refractivity contribution in [2.24, 2.45) is 0 Å². The molecule has 4 heteroatoms. The summed E-state index contributed by atoms with van der Waals surface area (Å²) in [6, 6.07) is 9.08. The molecule has 0 aromatic heterocycles. The first kappa shape index (κ1) is 12.6. The van der Waals surface area contributed by atoms with E-state index in [0.29, 0.717) is 18.5 Å². The monoisotopic (exact) mass is 244 g/mol. The predicted molar refractivity (Wildman–Crippen MR) is 66.7 cm³/mol. The fraction of sp³-hybridized carbons (Fsp3) is 0.429. The Morgan fingerprint density at radius 1 is 1.44 bits per heavy atom. The zero-order chi connectivity index (χ0) is 13.0. The Morgan fingerprint density at radius 2 is 2.17 bits per heavy atom. The van der Waals surface area contributed by atoms with Crippen molar-refractivity contribution < 1.29 is 9.90 Å². The van der Waals surface area contributed by atoms with Crippen molar-refractivity contribution in [3.05, 3.63) is 35.4 Å². The van der Waals surface area contributed by atoms with Crippen molar-refractivity contribution in [2.45, 2.75) is 25.4 Å². The van der Waals surface area contributed by atoms with Gasteiger partial charge in [0.15, 0.2) is 0 Å². The Hall–Kier alpha value is -1.86. The summed E-state index contributed by atoms with van der Waals surface area (Å²) >= 11 is 0. The Labute approximate surface area is 106 Å². The topological polar surface area (TPSA) is 64.3 Å². The van der Waals surface area contributed by atoms with Gasteiger partial charge in [0.25, 0.3) is 0 Å². The van der Waals surface area contributed by atoms with Gasteiger partial charge >= 0.3 is 0 Å². The quantitative estimate of drug-likeness (QED) is 0.846. The predicted octanol–water partition coefficient (Wildman–Crippen LogP) is 1.08. The molecular formula is C14H16N2O2. The number of piperidine rings is 1. The van der Waals surface area contributed by atoms with E-state index in [9.17, 15) is 9.90 Å². The summed E-state index contributed by atoms with van der Waals surface area (Å²) in [7, 11) is 0. The number of benzene rings is 1. The van der Waals surface area contributed by atoms with Crippen LogP contribution < -0.4 is 0 Å². The first-order chi connectivity index (χ1) is 8.69. The summed E-state index contributed by atoms with van der Waals surface area (Å²) in [6.07, 6.45) is 1.59. The summed E-state index contributed by atoms with van der Waals surface area (Å²) in [5.41, 5.74) is 1.50. The average Bonchev–Trinajstić information content (AvgIpc) is 2.39. The number of carbonyl (C=O) groups excluding carboxylic acids is 1. The standard InChI is InChI=1S/C14H16N2O2/c15-9-12-5-3-11(4-6-12)8-14(18)16-7-1-2-13(17)10-16/h3-6,13,17H,1-2,7-8,10H2. The largest absolute Gasteiger partial charge is 0.391 e. The van der Waals surface area contributed by atoms with E-state index in [0.717, 1.165) is 24.9 Å². The molecule has 1 aliphatic heterocycles. The van der Waals surface area contributed by atoms with Crippen LogP contribution in [0.1, 0.15) is 24.0 Å². The van der Waals surface area contributed by atoms with Crippen LogP contribution in [0, 0.1) is 11.3 Å². The molecule has 4 nitrogen and oxygen atoms in total. The van der Waals surface area contributed by atoms with E-state index in [4.69, 9.17) is 5.26 Å². The SMILES string of the molecule is N#Cc1ccc(CC(=O)N2CCCC(O)C2)cc1. The molecule has 1 aromatic rings. The van der Waals surface area contributed by atoms with Gasteiger partial charge < -0.3 is 10.0 Å². The first-order valence-corrected chi connectivity index (χ1v) is 6.14. The van der Waals surface area contributed by atoms with Gasteiger partial charge in [-0.1, -0.05) is 12.1 Å².